The Morgan fingerprint density at radius 3 is 1.40 bits per heavy atom. The molecular weight excluding hydrogens is 559 g/mol. The van der Waals surface area contributed by atoms with Gasteiger partial charge >= 0.3 is 11.9 Å². The van der Waals surface area contributed by atoms with Crippen molar-refractivity contribution in [3.05, 3.63) is 58.6 Å². The Kier molecular flexibility index (Phi) is 8.90. The number of nitrogens with zero attached hydrogens (tertiary/aromatic N) is 4. The number of hydrazone groups is 2. The van der Waals surface area contributed by atoms with E-state index >= 15 is 0 Å². The summed E-state index contributed by atoms with van der Waals surface area (Å²) in [6.07, 6.45) is -0.142. The van der Waals surface area contributed by atoms with Crippen LogP contribution in [0.4, 0.5) is 11.4 Å². The molecule has 12 heteroatoms. The maximum atomic E-state index is 12.9. The second kappa shape index (κ2) is 12.6. The van der Waals surface area contributed by atoms with E-state index in [4.69, 9.17) is 42.1 Å². The summed E-state index contributed by atoms with van der Waals surface area (Å²) in [4.78, 5) is 25.9. The molecular formula is C28H30Cl2N4O6. The highest BCUT2D eigenvalue weighted by atomic mass is 35.5. The van der Waals surface area contributed by atoms with Crippen LogP contribution in [0.2, 0.25) is 10.0 Å². The van der Waals surface area contributed by atoms with E-state index in [1.54, 1.807) is 34.3 Å². The Morgan fingerprint density at radius 1 is 0.650 bits per heavy atom. The van der Waals surface area contributed by atoms with Crippen LogP contribution >= 0.6 is 23.2 Å². The molecule has 40 heavy (non-hydrogen) atoms. The number of anilines is 2. The first-order valence-corrected chi connectivity index (χ1v) is 13.8. The van der Waals surface area contributed by atoms with Gasteiger partial charge in [0.05, 0.1) is 48.9 Å². The number of rotatable bonds is 2. The van der Waals surface area contributed by atoms with E-state index in [0.29, 0.717) is 34.3 Å². The molecule has 0 aliphatic carbocycles. The highest BCUT2D eigenvalue weighted by Gasteiger charge is 2.35. The van der Waals surface area contributed by atoms with Crippen LogP contribution in [-0.2, 0) is 28.5 Å². The van der Waals surface area contributed by atoms with Crippen molar-refractivity contribution in [1.82, 2.24) is 0 Å². The number of carbonyl (C=O) groups excluding carboxylic acids is 2. The lowest BCUT2D eigenvalue weighted by atomic mass is 10.1. The standard InChI is InChI=1S/C28H30Cl2N4O6/c1-17-13-39-27(35)25-12-24(34(31-25)22-9-5-20(30)6-10-22)16-38-18(2)14-40-28(36)26-11-23(15-37-17)33(32-26)21-7-3-19(29)4-8-21/h3-10,17-18,23-24H,11-16H2,1-2H3/t17-,18-,23-,24+/m0/s1. The molecule has 1 fully saturated rings. The second-order valence-electron chi connectivity index (χ2n) is 9.94. The highest BCUT2D eigenvalue weighted by molar-refractivity contribution is 6.38. The fraction of sp³-hybridized carbons (Fsp3) is 0.429. The summed E-state index contributed by atoms with van der Waals surface area (Å²) in [6, 6.07) is 13.8. The molecule has 1 saturated heterocycles. The van der Waals surface area contributed by atoms with Crippen LogP contribution in [0.3, 0.4) is 0 Å². The molecule has 0 saturated carbocycles. The summed E-state index contributed by atoms with van der Waals surface area (Å²) in [5.41, 5.74) is 2.11. The molecule has 0 radical (unpaired) electrons. The summed E-state index contributed by atoms with van der Waals surface area (Å²) in [5.74, 6) is -1.01. The summed E-state index contributed by atoms with van der Waals surface area (Å²) < 4.78 is 23.2. The Hall–Kier alpha value is -3.18. The number of cyclic esters (lactones) is 2. The van der Waals surface area contributed by atoms with Gasteiger partial charge in [0, 0.05) is 22.9 Å². The largest absolute Gasteiger partial charge is 0.458 e. The van der Waals surface area contributed by atoms with Crippen molar-refractivity contribution in [2.24, 2.45) is 10.2 Å². The van der Waals surface area contributed by atoms with Crippen LogP contribution in [0, 0.1) is 0 Å². The number of ether oxygens (including phenoxy) is 4. The molecule has 3 aliphatic heterocycles. The molecule has 4 atom stereocenters. The smallest absolute Gasteiger partial charge is 0.354 e. The quantitative estimate of drug-likeness (QED) is 0.473. The number of fused-ring (bicyclic) bond motifs is 4. The number of esters is 2. The molecule has 2 aromatic rings. The van der Waals surface area contributed by atoms with Crippen molar-refractivity contribution in [1.29, 1.82) is 0 Å². The Bertz CT molecular complexity index is 1190. The van der Waals surface area contributed by atoms with Gasteiger partial charge in [0.25, 0.3) is 0 Å². The van der Waals surface area contributed by atoms with E-state index in [0.717, 1.165) is 11.4 Å². The van der Waals surface area contributed by atoms with Crippen LogP contribution in [0.1, 0.15) is 26.7 Å². The Balaban J connectivity index is 1.34. The molecule has 2 aromatic carbocycles. The topological polar surface area (TPSA) is 102 Å². The third kappa shape index (κ3) is 6.75. The first kappa shape index (κ1) is 28.4. The maximum Gasteiger partial charge on any atom is 0.354 e. The summed E-state index contributed by atoms with van der Waals surface area (Å²) in [7, 11) is 0. The van der Waals surface area contributed by atoms with Gasteiger partial charge in [0.15, 0.2) is 0 Å². The van der Waals surface area contributed by atoms with E-state index in [1.807, 2.05) is 38.1 Å². The minimum atomic E-state index is -0.505. The fourth-order valence-electron chi connectivity index (χ4n) is 4.56. The normalized spacial score (nSPS) is 26.4. The molecule has 0 N–H and O–H groups in total. The summed E-state index contributed by atoms with van der Waals surface area (Å²) in [6.45, 7) is 4.21. The SMILES string of the molecule is C[C@H]1COC(=O)C2=NN(c3ccc(Cl)cc3)[C@@H](CO[C@@H](C)COC(=O)C3=NN(c4ccc(Cl)cc4)[C@H](CO1)C3)C2. The van der Waals surface area contributed by atoms with Crippen LogP contribution in [0.25, 0.3) is 0 Å². The average Bonchev–Trinajstić information content (AvgIpc) is 3.58. The van der Waals surface area contributed by atoms with E-state index < -0.39 is 24.1 Å². The highest BCUT2D eigenvalue weighted by Crippen LogP contribution is 2.29. The predicted molar refractivity (Wildman–Crippen MR) is 152 cm³/mol. The third-order valence-electron chi connectivity index (χ3n) is 6.70. The number of halogens is 2. The minimum absolute atomic E-state index is 0.0421. The van der Waals surface area contributed by atoms with Gasteiger partial charge in [-0.1, -0.05) is 23.2 Å². The van der Waals surface area contributed by atoms with Crippen LogP contribution in [-0.4, -0.2) is 74.1 Å². The van der Waals surface area contributed by atoms with Crippen molar-refractivity contribution < 1.29 is 28.5 Å². The zero-order chi connectivity index (χ0) is 28.2. The van der Waals surface area contributed by atoms with E-state index in [2.05, 4.69) is 10.2 Å². The molecule has 3 heterocycles. The summed E-state index contributed by atoms with van der Waals surface area (Å²) >= 11 is 12.1. The number of hydrogen-bond acceptors (Lipinski definition) is 10. The van der Waals surface area contributed by atoms with E-state index in [-0.39, 0.29) is 38.5 Å². The van der Waals surface area contributed by atoms with Gasteiger partial charge in [-0.15, -0.1) is 0 Å². The summed E-state index contributed by atoms with van der Waals surface area (Å²) in [5, 5.41) is 13.7. The monoisotopic (exact) mass is 588 g/mol. The zero-order valence-corrected chi connectivity index (χ0v) is 23.7. The van der Waals surface area contributed by atoms with Gasteiger partial charge in [0.1, 0.15) is 24.6 Å². The minimum Gasteiger partial charge on any atom is -0.458 e. The van der Waals surface area contributed by atoms with Gasteiger partial charge in [-0.05, 0) is 62.4 Å². The number of carbonyl (C=O) groups is 2. The Morgan fingerprint density at radius 2 is 1.02 bits per heavy atom. The first-order chi connectivity index (χ1) is 19.3. The Labute approximate surface area is 242 Å². The molecule has 4 bridgehead atoms. The molecule has 212 valence electrons. The van der Waals surface area contributed by atoms with Crippen molar-refractivity contribution in [3.63, 3.8) is 0 Å². The van der Waals surface area contributed by atoms with E-state index in [9.17, 15) is 9.59 Å². The number of benzene rings is 2. The molecule has 0 amide bonds. The maximum absolute atomic E-state index is 12.9. The molecule has 0 aromatic heterocycles. The molecule has 5 rings (SSSR count). The van der Waals surface area contributed by atoms with Gasteiger partial charge < -0.3 is 18.9 Å². The lowest BCUT2D eigenvalue weighted by molar-refractivity contribution is -0.140. The van der Waals surface area contributed by atoms with Gasteiger partial charge in [-0.2, -0.15) is 10.2 Å². The third-order valence-corrected chi connectivity index (χ3v) is 7.21. The lowest BCUT2D eigenvalue weighted by Gasteiger charge is -2.25. The van der Waals surface area contributed by atoms with Crippen molar-refractivity contribution in [3.8, 4) is 0 Å². The first-order valence-electron chi connectivity index (χ1n) is 13.1. The van der Waals surface area contributed by atoms with Crippen molar-refractivity contribution in [2.75, 3.05) is 36.4 Å². The predicted octanol–water partition coefficient (Wildman–Crippen LogP) is 4.47. The second-order valence-corrected chi connectivity index (χ2v) is 10.8. The van der Waals surface area contributed by atoms with Crippen LogP contribution < -0.4 is 10.0 Å². The van der Waals surface area contributed by atoms with Gasteiger partial charge in [-0.3, -0.25) is 10.0 Å². The van der Waals surface area contributed by atoms with Crippen molar-refractivity contribution >= 4 is 57.9 Å². The molecule has 3 aliphatic rings. The van der Waals surface area contributed by atoms with Gasteiger partial charge in [-0.25, -0.2) is 9.59 Å². The molecule has 10 nitrogen and oxygen atoms in total. The van der Waals surface area contributed by atoms with E-state index in [1.165, 1.54) is 0 Å². The van der Waals surface area contributed by atoms with Crippen LogP contribution in [0.5, 0.6) is 0 Å². The molecule has 0 unspecified atom stereocenters. The fourth-order valence-corrected chi connectivity index (χ4v) is 4.81. The lowest BCUT2D eigenvalue weighted by Crippen LogP contribution is -2.35. The number of hydrogen-bond donors (Lipinski definition) is 0. The average molecular weight is 589 g/mol. The van der Waals surface area contributed by atoms with Gasteiger partial charge in [0.2, 0.25) is 0 Å². The molecule has 0 spiro atoms. The zero-order valence-electron chi connectivity index (χ0n) is 22.2. The van der Waals surface area contributed by atoms with Crippen molar-refractivity contribution in [2.45, 2.75) is 51.0 Å². The van der Waals surface area contributed by atoms with Crippen LogP contribution in [0.15, 0.2) is 58.7 Å².